The molecule has 9 N–H and O–H groups in total. The highest BCUT2D eigenvalue weighted by Crippen LogP contribution is 2.34. The van der Waals surface area contributed by atoms with Crippen molar-refractivity contribution >= 4 is 59.0 Å². The first kappa shape index (κ1) is 68.4. The zero-order chi connectivity index (χ0) is 62.8. The number of nitrogens with two attached hydrogens (primary N) is 2. The molecule has 2 saturated carbocycles. The molecule has 2 fully saturated rings. The first-order valence-electron chi connectivity index (χ1n) is 31.6. The number of carbonyl (C=O) groups is 8. The van der Waals surface area contributed by atoms with Crippen LogP contribution in [-0.4, -0.2) is 161 Å². The van der Waals surface area contributed by atoms with Crippen LogP contribution in [0.3, 0.4) is 0 Å². The molecule has 4 aromatic carbocycles. The number of aryl methyl sites for hydroxylation is 1. The number of aliphatic hydroxyl groups is 1. The number of carbonyl (C=O) groups excluding carboxylic acids is 8. The Morgan fingerprint density at radius 3 is 1.61 bits per heavy atom. The van der Waals surface area contributed by atoms with Gasteiger partial charge in [0.1, 0.15) is 6.23 Å². The minimum Gasteiger partial charge on any atom is -0.374 e. The van der Waals surface area contributed by atoms with Crippen LogP contribution < -0.4 is 32.7 Å². The van der Waals surface area contributed by atoms with Gasteiger partial charge in [0.05, 0.1) is 32.2 Å². The molecule has 8 amide bonds. The van der Waals surface area contributed by atoms with Crippen LogP contribution in [0.25, 0.3) is 0 Å². The highest BCUT2D eigenvalue weighted by Gasteiger charge is 2.34. The Balaban J connectivity index is 1.21. The third-order valence-corrected chi connectivity index (χ3v) is 17.3. The fourth-order valence-corrected chi connectivity index (χ4v) is 12.2. The maximum Gasteiger partial charge on any atom is 0.239 e. The van der Waals surface area contributed by atoms with Crippen molar-refractivity contribution in [2.75, 3.05) is 64.7 Å². The molecule has 0 spiro atoms. The summed E-state index contributed by atoms with van der Waals surface area (Å²) in [5, 5.41) is 24.6. The number of unbranched alkanes of at least 4 members (excludes halogenated alkanes) is 1. The highest BCUT2D eigenvalue weighted by atomic mass is 32.2. The second-order valence-electron chi connectivity index (χ2n) is 24.7. The lowest BCUT2D eigenvalue weighted by atomic mass is 10.0. The molecule has 4 aliphatic rings. The lowest BCUT2D eigenvalue weighted by molar-refractivity contribution is -0.139. The number of thioether (sulfide) groups is 1. The first-order valence-corrected chi connectivity index (χ1v) is 32.8. The van der Waals surface area contributed by atoms with Crippen molar-refractivity contribution in [2.45, 2.75) is 146 Å². The van der Waals surface area contributed by atoms with Crippen molar-refractivity contribution < 1.29 is 43.5 Å². The van der Waals surface area contributed by atoms with E-state index in [1.54, 1.807) is 4.90 Å². The van der Waals surface area contributed by atoms with Gasteiger partial charge in [0.15, 0.2) is 0 Å². The molecule has 2 bridgehead atoms. The summed E-state index contributed by atoms with van der Waals surface area (Å²) in [6, 6.07) is 33.7. The van der Waals surface area contributed by atoms with Crippen molar-refractivity contribution in [1.82, 2.24) is 40.9 Å². The standard InChI is InChI=1S/C68H94N10O9S/c1-48(2)34-57-40-77(66(85)37-52-21-22-52)45-61(80)71-56(20-12-13-32-69)39-76(64(83)30-27-49-14-6-3-7-15-49)44-62(81)73-58(35-50-16-8-4-9-17-50)41-75(43-60(70)79)65(84)31-33-88-47-54-25-28-55(29-26-54)68(87)74-59(36-51-18-10-5-11-19-51)42-78(46-63(82)72-57)67(86)38-53-23-24-53/h3-11,14-19,25-26,28-29,48,52-53,56-59,68,74,87H,12-13,20-24,27,30-47,69H2,1-2H3,(H2,70,79)(H,71,80)(H,72,82)(H,73,81)/t56-,57?,58?,59?,68?/m0/s1. The van der Waals surface area contributed by atoms with Crippen LogP contribution in [0.5, 0.6) is 0 Å². The van der Waals surface area contributed by atoms with Gasteiger partial charge in [-0.3, -0.25) is 43.7 Å². The molecular weight excluding hydrogens is 1130 g/mol. The van der Waals surface area contributed by atoms with E-state index in [1.165, 1.54) is 26.5 Å². The molecule has 0 aromatic heterocycles. The van der Waals surface area contributed by atoms with Gasteiger partial charge in [-0.15, -0.1) is 0 Å². The second kappa shape index (κ2) is 35.8. The van der Waals surface area contributed by atoms with E-state index in [-0.39, 0.29) is 126 Å². The summed E-state index contributed by atoms with van der Waals surface area (Å²) in [4.78, 5) is 120. The topological polar surface area (TPSA) is 270 Å². The molecule has 19 nitrogen and oxygen atoms in total. The molecule has 8 rings (SSSR count). The van der Waals surface area contributed by atoms with Crippen molar-refractivity contribution in [3.8, 4) is 0 Å². The molecule has 5 atom stereocenters. The predicted octanol–water partition coefficient (Wildman–Crippen LogP) is 5.42. The van der Waals surface area contributed by atoms with Crippen LogP contribution in [0.4, 0.5) is 0 Å². The summed E-state index contributed by atoms with van der Waals surface area (Å²) in [5.41, 5.74) is 16.1. The number of nitrogens with one attached hydrogen (secondary N) is 4. The average Bonchev–Trinajstić information content (AvgIpc) is 4.41. The van der Waals surface area contributed by atoms with E-state index in [4.69, 9.17) is 11.5 Å². The molecular formula is C68H94N10O9S. The number of hydrogen-bond donors (Lipinski definition) is 7. The quantitative estimate of drug-likeness (QED) is 0.0458. The molecule has 0 radical (unpaired) electrons. The van der Waals surface area contributed by atoms with Crippen molar-refractivity contribution in [3.63, 3.8) is 0 Å². The van der Waals surface area contributed by atoms with Crippen LogP contribution >= 0.6 is 11.8 Å². The van der Waals surface area contributed by atoms with Crippen LogP contribution in [-0.2, 0) is 63.4 Å². The van der Waals surface area contributed by atoms with Gasteiger partial charge in [-0.1, -0.05) is 136 Å². The van der Waals surface area contributed by atoms with Crippen LogP contribution in [0.15, 0.2) is 115 Å². The molecule has 2 aliphatic heterocycles. The van der Waals surface area contributed by atoms with E-state index in [1.807, 2.05) is 129 Å². The molecule has 4 unspecified atom stereocenters. The number of aliphatic hydroxyl groups excluding tert-OH is 1. The lowest BCUT2D eigenvalue weighted by Gasteiger charge is -2.33. The van der Waals surface area contributed by atoms with E-state index >= 15 is 0 Å². The average molecular weight is 1230 g/mol. The van der Waals surface area contributed by atoms with E-state index in [2.05, 4.69) is 21.3 Å². The number of rotatable bonds is 19. The zero-order valence-corrected chi connectivity index (χ0v) is 52.4. The lowest BCUT2D eigenvalue weighted by Crippen LogP contribution is -2.55. The molecule has 0 saturated heterocycles. The number of primary amides is 1. The van der Waals surface area contributed by atoms with Crippen molar-refractivity contribution in [3.05, 3.63) is 143 Å². The Morgan fingerprint density at radius 1 is 0.602 bits per heavy atom. The Morgan fingerprint density at radius 2 is 1.09 bits per heavy atom. The highest BCUT2D eigenvalue weighted by molar-refractivity contribution is 7.98. The summed E-state index contributed by atoms with van der Waals surface area (Å²) in [6.45, 7) is 3.09. The maximum atomic E-state index is 14.6. The summed E-state index contributed by atoms with van der Waals surface area (Å²) in [7, 11) is 0. The van der Waals surface area contributed by atoms with E-state index in [0.29, 0.717) is 62.1 Å². The number of hydrogen-bond acceptors (Lipinski definition) is 12. The van der Waals surface area contributed by atoms with Gasteiger partial charge in [0, 0.05) is 81.5 Å². The Bertz CT molecular complexity index is 2860. The smallest absolute Gasteiger partial charge is 0.239 e. The molecule has 2 aliphatic carbocycles. The van der Waals surface area contributed by atoms with Gasteiger partial charge in [0.25, 0.3) is 0 Å². The van der Waals surface area contributed by atoms with Gasteiger partial charge in [-0.05, 0) is 116 Å². The van der Waals surface area contributed by atoms with E-state index in [9.17, 15) is 43.5 Å². The van der Waals surface area contributed by atoms with Gasteiger partial charge >= 0.3 is 0 Å². The third kappa shape index (κ3) is 25.2. The Kier molecular flexibility index (Phi) is 27.8. The number of amides is 8. The maximum absolute atomic E-state index is 14.6. The minimum absolute atomic E-state index is 0.0233. The molecule has 2 heterocycles. The predicted molar refractivity (Wildman–Crippen MR) is 343 cm³/mol. The first-order chi connectivity index (χ1) is 42.4. The van der Waals surface area contributed by atoms with Crippen molar-refractivity contribution in [1.29, 1.82) is 0 Å². The van der Waals surface area contributed by atoms with Crippen LogP contribution in [0.2, 0.25) is 0 Å². The third-order valence-electron chi connectivity index (χ3n) is 16.2. The number of nitrogens with zero attached hydrogens (tertiary/aromatic N) is 4. The Labute approximate surface area is 524 Å². The largest absolute Gasteiger partial charge is 0.374 e. The number of benzene rings is 4. The SMILES string of the molecule is CC(C)CC1CN(C(=O)CC2CC2)CC(=O)N[C@@H](CCCCN)CN(C(=O)CCc2ccccc2)CC(=O)NC(Cc2ccccc2)CN(CC(N)=O)C(=O)CCSCc2ccc(cc2)C(O)NC(Cc2ccccc2)CN(C(=O)CC2CC2)CC(=O)N1. The molecule has 4 aromatic rings. The minimum atomic E-state index is -1.14. The molecule has 476 valence electrons. The fraction of sp³-hybridized carbons (Fsp3) is 0.529. The normalized spacial score (nSPS) is 21.4. The summed E-state index contributed by atoms with van der Waals surface area (Å²) < 4.78 is 0. The molecule has 20 heteroatoms. The summed E-state index contributed by atoms with van der Waals surface area (Å²) in [5.74, 6) is -1.73. The fourth-order valence-electron chi connectivity index (χ4n) is 11.3. The summed E-state index contributed by atoms with van der Waals surface area (Å²) >= 11 is 1.53. The van der Waals surface area contributed by atoms with Gasteiger partial charge in [-0.25, -0.2) is 0 Å². The second-order valence-corrected chi connectivity index (χ2v) is 25.8. The monoisotopic (exact) mass is 1230 g/mol. The van der Waals surface area contributed by atoms with Gasteiger partial charge in [-0.2, -0.15) is 11.8 Å². The van der Waals surface area contributed by atoms with Gasteiger partial charge < -0.3 is 52.1 Å². The number of fused-ring (bicyclic) bond motifs is 29. The van der Waals surface area contributed by atoms with Crippen LogP contribution in [0.1, 0.15) is 125 Å². The Hall–Kier alpha value is -7.13. The van der Waals surface area contributed by atoms with E-state index in [0.717, 1.165) is 47.9 Å². The molecule has 88 heavy (non-hydrogen) atoms. The van der Waals surface area contributed by atoms with Crippen molar-refractivity contribution in [2.24, 2.45) is 29.2 Å². The van der Waals surface area contributed by atoms with Gasteiger partial charge in [0.2, 0.25) is 47.3 Å². The zero-order valence-electron chi connectivity index (χ0n) is 51.5. The van der Waals surface area contributed by atoms with E-state index < -0.39 is 54.0 Å². The van der Waals surface area contributed by atoms with Crippen LogP contribution in [0, 0.1) is 17.8 Å². The summed E-state index contributed by atoms with van der Waals surface area (Å²) in [6.07, 6.45) is 6.37.